The van der Waals surface area contributed by atoms with E-state index in [0.29, 0.717) is 10.7 Å². The zero-order valence-electron chi connectivity index (χ0n) is 21.8. The normalized spacial score (nSPS) is 9.32. The molecule has 0 aliphatic carbocycles. The summed E-state index contributed by atoms with van der Waals surface area (Å²) >= 11 is 10.4. The number of nitrogens with two attached hydrogens (primary N) is 3. The standard InChI is InChI=1S/C8H5BrN2S.C8H7N3S.C7H6O2.CH5N3S.CH4.HO4P.2H2/c2*9-8-11-10-7(12-8)6-4-2-1-3-5-6;8-7(9)6-4-2-1-3-5-6;2-1(5)4-3;;1-4-5(2)3;;/h1-5H;1-5H,(H2,9,11);1-5H,(H,8,9);3H2,(H3,2,4,5);1H4;1H;2*1H. The minimum absolute atomic E-state index is 0. The Morgan fingerprint density at radius 1 is 0.909 bits per heavy atom. The van der Waals surface area contributed by atoms with E-state index < -0.39 is 14.2 Å². The van der Waals surface area contributed by atoms with Gasteiger partial charge in [0.15, 0.2) is 9.03 Å². The number of halogens is 1. The number of anilines is 1. The second kappa shape index (κ2) is 23.6. The first-order chi connectivity index (χ1) is 20.6. The van der Waals surface area contributed by atoms with Crippen LogP contribution >= 0.6 is 59.1 Å². The Morgan fingerprint density at radius 3 is 1.57 bits per heavy atom. The van der Waals surface area contributed by atoms with Crippen molar-refractivity contribution in [3.8, 4) is 21.1 Å². The number of nitrogens with one attached hydrogen (secondary N) is 1. The molecule has 1 atom stereocenters. The highest BCUT2D eigenvalue weighted by molar-refractivity contribution is 9.11. The molecule has 19 heteroatoms. The number of aromatic carboxylic acids is 1. The average Bonchev–Trinajstić information content (AvgIpc) is 3.68. The zero-order valence-corrected chi connectivity index (χ0v) is 26.7. The number of carboxylic acid groups (broad SMARTS) is 1. The summed E-state index contributed by atoms with van der Waals surface area (Å²) in [5.41, 5.74) is 14.8. The molecular weight excluding hydrogens is 715 g/mol. The second-order valence-electron chi connectivity index (χ2n) is 7.02. The molecule has 3 aromatic carbocycles. The Balaban J connectivity index is -0.000000517. The summed E-state index contributed by atoms with van der Waals surface area (Å²) in [6, 6.07) is 28.2. The maximum absolute atomic E-state index is 10.2. The molecule has 0 saturated heterocycles. The first kappa shape index (κ1) is 40.2. The lowest BCUT2D eigenvalue weighted by Gasteiger charge is -1.90. The summed E-state index contributed by atoms with van der Waals surface area (Å²) in [4.78, 5) is 19.1. The Labute approximate surface area is 278 Å². The van der Waals surface area contributed by atoms with Crippen LogP contribution in [0, 0.1) is 0 Å². The van der Waals surface area contributed by atoms with Gasteiger partial charge in [0.2, 0.25) is 5.13 Å². The van der Waals surface area contributed by atoms with Gasteiger partial charge >= 0.3 is 14.2 Å². The highest BCUT2D eigenvalue weighted by Gasteiger charge is 2.03. The smallest absolute Gasteiger partial charge is 0.521 e. The number of benzene rings is 3. The molecule has 2 aromatic heterocycles. The van der Waals surface area contributed by atoms with Crippen LogP contribution in [0.3, 0.4) is 0 Å². The average molecular weight is 748 g/mol. The number of nitrogens with zero attached hydrogens (tertiary/aromatic N) is 4. The lowest BCUT2D eigenvalue weighted by atomic mass is 10.2. The Hall–Kier alpha value is -3.84. The van der Waals surface area contributed by atoms with Gasteiger partial charge in [-0.2, -0.15) is 0 Å². The lowest BCUT2D eigenvalue weighted by molar-refractivity contribution is -0.244. The zero-order chi connectivity index (χ0) is 32.0. The van der Waals surface area contributed by atoms with E-state index in [4.69, 9.17) is 31.3 Å². The minimum atomic E-state index is -3.04. The maximum Gasteiger partial charge on any atom is 0.521 e. The predicted molar refractivity (Wildman–Crippen MR) is 183 cm³/mol. The number of carbonyl (C=O) groups is 1. The van der Waals surface area contributed by atoms with Crippen LogP contribution in [0.1, 0.15) is 20.6 Å². The molecule has 0 aliphatic heterocycles. The van der Waals surface area contributed by atoms with Gasteiger partial charge in [-0.15, -0.1) is 20.4 Å². The molecule has 0 spiro atoms. The van der Waals surface area contributed by atoms with Crippen LogP contribution in [0.4, 0.5) is 5.13 Å². The van der Waals surface area contributed by atoms with E-state index in [1.54, 1.807) is 30.3 Å². The van der Waals surface area contributed by atoms with Crippen molar-refractivity contribution in [2.24, 2.45) is 11.6 Å². The second-order valence-corrected chi connectivity index (χ2v) is 11.3. The van der Waals surface area contributed by atoms with Gasteiger partial charge < -0.3 is 26.9 Å². The molecule has 0 amide bonds. The number of aromatic nitrogens is 4. The van der Waals surface area contributed by atoms with Gasteiger partial charge in [-0.25, -0.2) is 15.9 Å². The third-order valence-electron chi connectivity index (χ3n) is 4.11. The largest absolute Gasteiger partial charge is 0.565 e. The molecule has 0 aliphatic rings. The topological polar surface area (TPSA) is 249 Å². The Bertz CT molecular complexity index is 1440. The Kier molecular flexibility index (Phi) is 21.5. The molecule has 0 bridgehead atoms. The van der Waals surface area contributed by atoms with E-state index in [1.165, 1.54) is 22.7 Å². The SMILES string of the molecule is Brc1nnc(-c2ccccc2)s1.C.NNC(N)=S.Nc1nnc(-c2ccccc2)s1.O=C(O)c1ccccc1.O=[P+]([O-])OO.[HH].[HH]. The number of hydrogen-bond acceptors (Lipinski definition) is 14. The molecule has 238 valence electrons. The van der Waals surface area contributed by atoms with Crippen LogP contribution in [0.5, 0.6) is 0 Å². The molecule has 2 heterocycles. The summed E-state index contributed by atoms with van der Waals surface area (Å²) in [6.45, 7) is 0. The van der Waals surface area contributed by atoms with Crippen molar-refractivity contribution in [3.63, 3.8) is 0 Å². The van der Waals surface area contributed by atoms with Gasteiger partial charge in [0.05, 0.1) is 5.56 Å². The van der Waals surface area contributed by atoms with E-state index in [9.17, 15) is 4.79 Å². The van der Waals surface area contributed by atoms with Crippen LogP contribution in [0.15, 0.2) is 94.9 Å². The molecule has 5 rings (SSSR count). The van der Waals surface area contributed by atoms with E-state index >= 15 is 0 Å². The summed E-state index contributed by atoms with van der Waals surface area (Å²) in [6.07, 6.45) is 0. The monoisotopic (exact) mass is 746 g/mol. The maximum atomic E-state index is 10.2. The van der Waals surface area contributed by atoms with E-state index in [1.807, 2.05) is 66.1 Å². The van der Waals surface area contributed by atoms with Crippen molar-refractivity contribution in [2.45, 2.75) is 7.43 Å². The number of hydrazine groups is 1. The van der Waals surface area contributed by atoms with Gasteiger partial charge in [0, 0.05) is 18.7 Å². The highest BCUT2D eigenvalue weighted by atomic mass is 79.9. The number of hydrogen-bond donors (Lipinski definition) is 6. The van der Waals surface area contributed by atoms with Crippen LogP contribution < -0.4 is 27.6 Å². The summed E-state index contributed by atoms with van der Waals surface area (Å²) < 4.78 is 12.5. The summed E-state index contributed by atoms with van der Waals surface area (Å²) in [5, 5.41) is 33.4. The van der Waals surface area contributed by atoms with Gasteiger partial charge in [-0.1, -0.05) is 109 Å². The quantitative estimate of drug-likeness (QED) is 0.0439. The molecule has 5 aromatic rings. The predicted octanol–water partition coefficient (Wildman–Crippen LogP) is 5.45. The van der Waals surface area contributed by atoms with Crippen molar-refractivity contribution in [3.05, 3.63) is 100 Å². The fourth-order valence-electron chi connectivity index (χ4n) is 2.42. The van der Waals surface area contributed by atoms with Crippen LogP contribution in [0.25, 0.3) is 21.1 Å². The Morgan fingerprint density at radius 2 is 1.30 bits per heavy atom. The van der Waals surface area contributed by atoms with Gasteiger partial charge in [0.25, 0.3) is 0 Å². The van der Waals surface area contributed by atoms with Gasteiger partial charge in [-0.3, -0.25) is 0 Å². The fourth-order valence-corrected chi connectivity index (χ4v) is 4.15. The van der Waals surface area contributed by atoms with E-state index in [-0.39, 0.29) is 15.4 Å². The molecule has 0 fully saturated rings. The molecule has 0 radical (unpaired) electrons. The van der Waals surface area contributed by atoms with Crippen molar-refractivity contribution < 1.29 is 32.1 Å². The van der Waals surface area contributed by atoms with Gasteiger partial charge in [0.1, 0.15) is 10.0 Å². The first-order valence-electron chi connectivity index (χ1n) is 11.3. The molecule has 14 nitrogen and oxygen atoms in total. The first-order valence-corrected chi connectivity index (χ1v) is 15.2. The third kappa shape index (κ3) is 18.0. The number of rotatable bonds is 4. The number of thiocarbonyl (C=S) groups is 1. The summed E-state index contributed by atoms with van der Waals surface area (Å²) in [5.74, 6) is 3.78. The van der Waals surface area contributed by atoms with Crippen molar-refractivity contribution in [1.82, 2.24) is 25.8 Å². The number of nitrogen functional groups attached to an aromatic ring is 1. The molecular formula is C25H32BrN8O6PS3. The molecule has 0 saturated carbocycles. The van der Waals surface area contributed by atoms with Crippen LogP contribution in [-0.4, -0.2) is 41.8 Å². The third-order valence-corrected chi connectivity index (χ3v) is 6.57. The number of carboxylic acids is 1. The minimum Gasteiger partial charge on any atom is -0.565 e. The summed E-state index contributed by atoms with van der Waals surface area (Å²) in [7, 11) is -3.04. The molecule has 1 unspecified atom stereocenters. The lowest BCUT2D eigenvalue weighted by Crippen LogP contribution is -2.34. The van der Waals surface area contributed by atoms with Crippen molar-refractivity contribution in [1.29, 1.82) is 0 Å². The van der Waals surface area contributed by atoms with Crippen molar-refractivity contribution in [2.75, 3.05) is 5.73 Å². The highest BCUT2D eigenvalue weighted by Crippen LogP contribution is 2.25. The fraction of sp³-hybridized carbons (Fsp3) is 0.0400. The van der Waals surface area contributed by atoms with Gasteiger partial charge in [-0.05, 0) is 44.8 Å². The molecule has 9 N–H and O–H groups in total. The van der Waals surface area contributed by atoms with Crippen LogP contribution in [0.2, 0.25) is 0 Å². The van der Waals surface area contributed by atoms with E-state index in [0.717, 1.165) is 25.1 Å². The van der Waals surface area contributed by atoms with Crippen LogP contribution in [-0.2, 0) is 9.24 Å². The van der Waals surface area contributed by atoms with Crippen molar-refractivity contribution >= 4 is 75.3 Å². The molecule has 44 heavy (non-hydrogen) atoms. The van der Waals surface area contributed by atoms with E-state index in [2.05, 4.69) is 59.1 Å².